The lowest BCUT2D eigenvalue weighted by Crippen LogP contribution is -2.19. The molecule has 27 heavy (non-hydrogen) atoms. The van der Waals surface area contributed by atoms with Crippen LogP contribution in [0.2, 0.25) is 0 Å². The van der Waals surface area contributed by atoms with Gasteiger partial charge in [0.15, 0.2) is 0 Å². The molecule has 4 nitrogen and oxygen atoms in total. The fourth-order valence-corrected chi connectivity index (χ4v) is 2.92. The molecule has 0 aliphatic rings. The largest absolute Gasteiger partial charge is 0.489 e. The van der Waals surface area contributed by atoms with E-state index in [0.29, 0.717) is 13.0 Å². The molecule has 0 unspecified atom stereocenters. The van der Waals surface area contributed by atoms with Crippen LogP contribution in [0.15, 0.2) is 88.4 Å². The van der Waals surface area contributed by atoms with Crippen molar-refractivity contribution in [1.82, 2.24) is 5.43 Å². The number of hydrogen-bond acceptors (Lipinski definition) is 3. The van der Waals surface area contributed by atoms with Gasteiger partial charge < -0.3 is 4.74 Å². The van der Waals surface area contributed by atoms with Crippen LogP contribution >= 0.6 is 15.9 Å². The van der Waals surface area contributed by atoms with E-state index >= 15 is 0 Å². The van der Waals surface area contributed by atoms with Crippen molar-refractivity contribution in [3.8, 4) is 5.75 Å². The van der Waals surface area contributed by atoms with Crippen LogP contribution in [-0.2, 0) is 17.8 Å². The Bertz CT molecular complexity index is 926. The van der Waals surface area contributed by atoms with Crippen LogP contribution in [0.5, 0.6) is 5.75 Å². The van der Waals surface area contributed by atoms with Gasteiger partial charge in [-0.1, -0.05) is 70.5 Å². The molecule has 1 amide bonds. The van der Waals surface area contributed by atoms with Crippen LogP contribution in [0.25, 0.3) is 0 Å². The number of carbonyl (C=O) groups is 1. The maximum Gasteiger partial charge on any atom is 0.244 e. The lowest BCUT2D eigenvalue weighted by Gasteiger charge is -2.07. The molecule has 5 heteroatoms. The molecule has 0 aliphatic carbocycles. The summed E-state index contributed by atoms with van der Waals surface area (Å²) in [5.74, 6) is 0.592. The Morgan fingerprint density at radius 2 is 1.74 bits per heavy atom. The predicted molar refractivity (Wildman–Crippen MR) is 111 cm³/mol. The molecule has 0 atom stereocenters. The number of ether oxygens (including phenoxy) is 1. The van der Waals surface area contributed by atoms with Crippen LogP contribution in [0.3, 0.4) is 0 Å². The molecule has 0 heterocycles. The van der Waals surface area contributed by atoms with Crippen molar-refractivity contribution >= 4 is 28.1 Å². The molecule has 0 saturated heterocycles. The highest BCUT2D eigenvalue weighted by molar-refractivity contribution is 9.10. The molecule has 1 N–H and O–H groups in total. The van der Waals surface area contributed by atoms with Crippen molar-refractivity contribution in [3.05, 3.63) is 100 Å². The first-order chi connectivity index (χ1) is 13.2. The van der Waals surface area contributed by atoms with Gasteiger partial charge >= 0.3 is 0 Å². The van der Waals surface area contributed by atoms with Gasteiger partial charge in [0.2, 0.25) is 5.91 Å². The van der Waals surface area contributed by atoms with Crippen molar-refractivity contribution in [1.29, 1.82) is 0 Å². The maximum atomic E-state index is 11.9. The minimum Gasteiger partial charge on any atom is -0.489 e. The third-order valence-electron chi connectivity index (χ3n) is 3.76. The highest BCUT2D eigenvalue weighted by Crippen LogP contribution is 2.16. The van der Waals surface area contributed by atoms with Crippen LogP contribution in [0.1, 0.15) is 16.7 Å². The number of carbonyl (C=O) groups excluding carboxylic acids is 1. The summed E-state index contributed by atoms with van der Waals surface area (Å²) in [6.45, 7) is 0.480. The van der Waals surface area contributed by atoms with Gasteiger partial charge in [-0.05, 0) is 41.0 Å². The van der Waals surface area contributed by atoms with Crippen molar-refractivity contribution in [2.75, 3.05) is 0 Å². The van der Waals surface area contributed by atoms with E-state index in [1.165, 1.54) is 0 Å². The van der Waals surface area contributed by atoms with Crippen LogP contribution in [0, 0.1) is 0 Å². The molecular weight excluding hydrogens is 404 g/mol. The number of amides is 1. The average Bonchev–Trinajstić information content (AvgIpc) is 2.68. The SMILES string of the molecule is O=C(Cc1ccccc1)N/N=C\c1cccc(OCc2cccc(Br)c2)c1. The Hall–Kier alpha value is -2.92. The Balaban J connectivity index is 1.52. The standard InChI is InChI=1S/C22H19BrN2O2/c23-20-10-4-9-19(12-20)16-27-21-11-5-8-18(13-21)15-24-25-22(26)14-17-6-2-1-3-7-17/h1-13,15H,14,16H2,(H,25,26)/b24-15-. The van der Waals surface area contributed by atoms with Gasteiger partial charge in [-0.2, -0.15) is 5.10 Å². The smallest absolute Gasteiger partial charge is 0.244 e. The Morgan fingerprint density at radius 1 is 0.963 bits per heavy atom. The Labute approximate surface area is 167 Å². The minimum atomic E-state index is -0.153. The molecule has 3 aromatic rings. The second-order valence-corrected chi connectivity index (χ2v) is 6.86. The zero-order valence-electron chi connectivity index (χ0n) is 14.6. The Kier molecular flexibility index (Phi) is 6.77. The molecule has 0 saturated carbocycles. The van der Waals surface area contributed by atoms with Crippen molar-refractivity contribution in [3.63, 3.8) is 0 Å². The number of halogens is 1. The Morgan fingerprint density at radius 3 is 2.56 bits per heavy atom. The minimum absolute atomic E-state index is 0.153. The van der Waals surface area contributed by atoms with Gasteiger partial charge in [0.25, 0.3) is 0 Å². The zero-order chi connectivity index (χ0) is 18.9. The predicted octanol–water partition coefficient (Wildman–Crippen LogP) is 4.72. The third-order valence-corrected chi connectivity index (χ3v) is 4.26. The van der Waals surface area contributed by atoms with Gasteiger partial charge in [-0.3, -0.25) is 4.79 Å². The molecule has 0 spiro atoms. The average molecular weight is 423 g/mol. The van der Waals surface area contributed by atoms with Crippen LogP contribution in [0.4, 0.5) is 0 Å². The van der Waals surface area contributed by atoms with Gasteiger partial charge in [0, 0.05) is 4.47 Å². The van der Waals surface area contributed by atoms with E-state index in [1.54, 1.807) is 6.21 Å². The first-order valence-corrected chi connectivity index (χ1v) is 9.31. The van der Waals surface area contributed by atoms with E-state index in [9.17, 15) is 4.79 Å². The van der Waals surface area contributed by atoms with Crippen molar-refractivity contribution in [2.45, 2.75) is 13.0 Å². The van der Waals surface area contributed by atoms with E-state index in [4.69, 9.17) is 4.74 Å². The van der Waals surface area contributed by atoms with Gasteiger partial charge in [-0.15, -0.1) is 0 Å². The summed E-state index contributed by atoms with van der Waals surface area (Å²) in [5, 5.41) is 4.02. The molecular formula is C22H19BrN2O2. The first-order valence-electron chi connectivity index (χ1n) is 8.52. The normalized spacial score (nSPS) is 10.7. The van der Waals surface area contributed by atoms with E-state index in [2.05, 4.69) is 26.5 Å². The summed E-state index contributed by atoms with van der Waals surface area (Å²) in [6, 6.07) is 25.1. The lowest BCUT2D eigenvalue weighted by atomic mass is 10.1. The quantitative estimate of drug-likeness (QED) is 0.442. The monoisotopic (exact) mass is 422 g/mol. The zero-order valence-corrected chi connectivity index (χ0v) is 16.2. The summed E-state index contributed by atoms with van der Waals surface area (Å²) >= 11 is 3.45. The van der Waals surface area contributed by atoms with Gasteiger partial charge in [0.1, 0.15) is 12.4 Å². The molecule has 3 aromatic carbocycles. The molecule has 0 radical (unpaired) electrons. The molecule has 0 aromatic heterocycles. The highest BCUT2D eigenvalue weighted by Gasteiger charge is 2.01. The number of benzene rings is 3. The second-order valence-electron chi connectivity index (χ2n) is 5.95. The first kappa shape index (κ1) is 18.9. The molecule has 3 rings (SSSR count). The lowest BCUT2D eigenvalue weighted by molar-refractivity contribution is -0.120. The van der Waals surface area contributed by atoms with Crippen LogP contribution in [-0.4, -0.2) is 12.1 Å². The molecule has 0 fully saturated rings. The fraction of sp³-hybridized carbons (Fsp3) is 0.0909. The van der Waals surface area contributed by atoms with Crippen LogP contribution < -0.4 is 10.2 Å². The van der Waals surface area contributed by atoms with E-state index in [0.717, 1.165) is 26.9 Å². The second kappa shape index (κ2) is 9.69. The summed E-state index contributed by atoms with van der Waals surface area (Å²) < 4.78 is 6.85. The highest BCUT2D eigenvalue weighted by atomic mass is 79.9. The van der Waals surface area contributed by atoms with Gasteiger partial charge in [-0.25, -0.2) is 5.43 Å². The number of hydrazone groups is 1. The number of nitrogens with one attached hydrogen (secondary N) is 1. The topological polar surface area (TPSA) is 50.7 Å². The third kappa shape index (κ3) is 6.38. The number of hydrogen-bond donors (Lipinski definition) is 1. The summed E-state index contributed by atoms with van der Waals surface area (Å²) in [6.07, 6.45) is 1.91. The fourth-order valence-electron chi connectivity index (χ4n) is 2.48. The van der Waals surface area contributed by atoms with Crippen molar-refractivity contribution in [2.24, 2.45) is 5.10 Å². The molecule has 0 bridgehead atoms. The van der Waals surface area contributed by atoms with E-state index in [-0.39, 0.29) is 5.91 Å². The number of nitrogens with zero attached hydrogens (tertiary/aromatic N) is 1. The van der Waals surface area contributed by atoms with E-state index < -0.39 is 0 Å². The maximum absolute atomic E-state index is 11.9. The summed E-state index contributed by atoms with van der Waals surface area (Å²) in [4.78, 5) is 11.9. The summed E-state index contributed by atoms with van der Waals surface area (Å²) in [5.41, 5.74) is 5.43. The molecule has 0 aliphatic heterocycles. The summed E-state index contributed by atoms with van der Waals surface area (Å²) in [7, 11) is 0. The van der Waals surface area contributed by atoms with Crippen molar-refractivity contribution < 1.29 is 9.53 Å². The van der Waals surface area contributed by atoms with Gasteiger partial charge in [0.05, 0.1) is 12.6 Å². The molecule has 136 valence electrons. The number of rotatable bonds is 7. The van der Waals surface area contributed by atoms with E-state index in [1.807, 2.05) is 78.9 Å².